The Labute approximate surface area is 145 Å². The topological polar surface area (TPSA) is 83.2 Å². The highest BCUT2D eigenvalue weighted by molar-refractivity contribution is 5.78. The Hall–Kier alpha value is -3.03. The van der Waals surface area contributed by atoms with E-state index in [-0.39, 0.29) is 12.5 Å². The smallest absolute Gasteiger partial charge is 0.258 e. The summed E-state index contributed by atoms with van der Waals surface area (Å²) in [6.07, 6.45) is 1.78. The molecular weight excluding hydrogens is 322 g/mol. The van der Waals surface area contributed by atoms with Gasteiger partial charge in [0.05, 0.1) is 25.5 Å². The molecule has 0 bridgehead atoms. The molecule has 0 atom stereocenters. The van der Waals surface area contributed by atoms with E-state index in [1.54, 1.807) is 42.3 Å². The number of rotatable bonds is 7. The van der Waals surface area contributed by atoms with Crippen LogP contribution in [-0.4, -0.2) is 45.7 Å². The fourth-order valence-corrected chi connectivity index (χ4v) is 2.65. The molecule has 0 aliphatic rings. The van der Waals surface area contributed by atoms with Gasteiger partial charge >= 0.3 is 0 Å². The molecule has 0 radical (unpaired) electrons. The van der Waals surface area contributed by atoms with E-state index in [1.165, 1.54) is 0 Å². The van der Waals surface area contributed by atoms with E-state index < -0.39 is 0 Å². The molecule has 1 aromatic carbocycles. The molecule has 2 aromatic heterocycles. The Kier molecular flexibility index (Phi) is 4.87. The van der Waals surface area contributed by atoms with Crippen molar-refractivity contribution in [3.63, 3.8) is 0 Å². The molecule has 0 aliphatic heterocycles. The normalized spacial score (nSPS) is 10.8. The fraction of sp³-hybridized carbons (Fsp3) is 0.353. The lowest BCUT2D eigenvalue weighted by atomic mass is 10.3. The summed E-state index contributed by atoms with van der Waals surface area (Å²) in [5, 5.41) is 11.5. The third-order valence-electron chi connectivity index (χ3n) is 3.89. The Morgan fingerprint density at radius 2 is 1.96 bits per heavy atom. The monoisotopic (exact) mass is 343 g/mol. The summed E-state index contributed by atoms with van der Waals surface area (Å²) in [4.78, 5) is 11.9. The molecule has 0 saturated heterocycles. The first-order valence-corrected chi connectivity index (χ1v) is 7.97. The number of methoxy groups -OCH3 is 1. The minimum atomic E-state index is -0.179. The average molecular weight is 343 g/mol. The number of hydrogen-bond acceptors (Lipinski definition) is 5. The van der Waals surface area contributed by atoms with Crippen LogP contribution >= 0.6 is 0 Å². The fourth-order valence-electron chi connectivity index (χ4n) is 2.65. The molecule has 8 nitrogen and oxygen atoms in total. The van der Waals surface area contributed by atoms with Gasteiger partial charge in [0.25, 0.3) is 5.91 Å². The standard InChI is InChI=1S/C17H21N5O3/c1-12-17-15(21(2)20-12)10-19-22(17)9-8-18-16(23)11-25-14-6-4-13(24-3)5-7-14/h4-7,10H,8-9,11H2,1-3H3,(H,18,23). The first-order chi connectivity index (χ1) is 12.1. The zero-order valence-corrected chi connectivity index (χ0v) is 14.5. The second-order valence-electron chi connectivity index (χ2n) is 5.62. The molecule has 3 aromatic rings. The van der Waals surface area contributed by atoms with Crippen LogP contribution in [0, 0.1) is 6.92 Å². The highest BCUT2D eigenvalue weighted by atomic mass is 16.5. The van der Waals surface area contributed by atoms with Crippen molar-refractivity contribution in [3.8, 4) is 11.5 Å². The molecule has 25 heavy (non-hydrogen) atoms. The van der Waals surface area contributed by atoms with Crippen LogP contribution in [-0.2, 0) is 18.4 Å². The van der Waals surface area contributed by atoms with Gasteiger partial charge in [-0.05, 0) is 31.2 Å². The van der Waals surface area contributed by atoms with Gasteiger partial charge in [-0.2, -0.15) is 10.2 Å². The molecule has 132 valence electrons. The van der Waals surface area contributed by atoms with Crippen LogP contribution in [0.4, 0.5) is 0 Å². The van der Waals surface area contributed by atoms with Crippen LogP contribution in [0.3, 0.4) is 0 Å². The maximum absolute atomic E-state index is 11.9. The summed E-state index contributed by atoms with van der Waals surface area (Å²) in [5.41, 5.74) is 2.89. The van der Waals surface area contributed by atoms with Crippen molar-refractivity contribution >= 4 is 16.9 Å². The molecule has 3 rings (SSSR count). The average Bonchev–Trinajstić information content (AvgIpc) is 3.16. The lowest BCUT2D eigenvalue weighted by Crippen LogP contribution is -2.31. The first-order valence-electron chi connectivity index (χ1n) is 7.97. The predicted octanol–water partition coefficient (Wildman–Crippen LogP) is 1.28. The lowest BCUT2D eigenvalue weighted by Gasteiger charge is -2.08. The Bertz CT molecular complexity index is 866. The van der Waals surface area contributed by atoms with Gasteiger partial charge in [-0.25, -0.2) is 0 Å². The van der Waals surface area contributed by atoms with Crippen LogP contribution in [0.15, 0.2) is 30.5 Å². The van der Waals surface area contributed by atoms with Crippen LogP contribution in [0.1, 0.15) is 5.69 Å². The number of nitrogens with one attached hydrogen (secondary N) is 1. The zero-order valence-electron chi connectivity index (χ0n) is 14.5. The van der Waals surface area contributed by atoms with Crippen LogP contribution in [0.2, 0.25) is 0 Å². The van der Waals surface area contributed by atoms with Crippen LogP contribution in [0.25, 0.3) is 11.0 Å². The van der Waals surface area contributed by atoms with Gasteiger partial charge in [0, 0.05) is 13.6 Å². The third kappa shape index (κ3) is 3.73. The van der Waals surface area contributed by atoms with Gasteiger partial charge in [0.15, 0.2) is 6.61 Å². The SMILES string of the molecule is COc1ccc(OCC(=O)NCCn2ncc3c2c(C)nn3C)cc1. The molecule has 0 aliphatic carbocycles. The summed E-state index contributed by atoms with van der Waals surface area (Å²) in [6.45, 7) is 2.95. The third-order valence-corrected chi connectivity index (χ3v) is 3.89. The minimum absolute atomic E-state index is 0.0350. The number of aromatic nitrogens is 4. The Morgan fingerprint density at radius 3 is 2.68 bits per heavy atom. The highest BCUT2D eigenvalue weighted by Crippen LogP contribution is 2.17. The highest BCUT2D eigenvalue weighted by Gasteiger charge is 2.11. The van der Waals surface area contributed by atoms with E-state index in [0.29, 0.717) is 18.8 Å². The van der Waals surface area contributed by atoms with Crippen molar-refractivity contribution in [1.29, 1.82) is 0 Å². The number of nitrogens with zero attached hydrogens (tertiary/aromatic N) is 4. The number of ether oxygens (including phenoxy) is 2. The van der Waals surface area contributed by atoms with E-state index in [9.17, 15) is 4.79 Å². The first kappa shape index (κ1) is 16.8. The second kappa shape index (κ2) is 7.25. The maximum atomic E-state index is 11.9. The summed E-state index contributed by atoms with van der Waals surface area (Å²) < 4.78 is 14.2. The number of hydrogen-bond donors (Lipinski definition) is 1. The van der Waals surface area contributed by atoms with Crippen molar-refractivity contribution in [1.82, 2.24) is 24.9 Å². The van der Waals surface area contributed by atoms with Gasteiger partial charge in [-0.1, -0.05) is 0 Å². The predicted molar refractivity (Wildman–Crippen MR) is 92.7 cm³/mol. The number of carbonyl (C=O) groups excluding carboxylic acids is 1. The van der Waals surface area contributed by atoms with Crippen molar-refractivity contribution in [3.05, 3.63) is 36.2 Å². The molecule has 1 amide bonds. The number of fused-ring (bicyclic) bond motifs is 1. The Balaban J connectivity index is 1.47. The van der Waals surface area contributed by atoms with E-state index in [1.807, 2.05) is 18.7 Å². The second-order valence-corrected chi connectivity index (χ2v) is 5.62. The summed E-state index contributed by atoms with van der Waals surface area (Å²) >= 11 is 0. The molecule has 8 heteroatoms. The van der Waals surface area contributed by atoms with Gasteiger partial charge < -0.3 is 14.8 Å². The molecule has 0 spiro atoms. The van der Waals surface area contributed by atoms with Crippen molar-refractivity contribution in [2.45, 2.75) is 13.5 Å². The number of amides is 1. The molecule has 0 unspecified atom stereocenters. The van der Waals surface area contributed by atoms with Crippen LogP contribution in [0.5, 0.6) is 11.5 Å². The summed E-state index contributed by atoms with van der Waals surface area (Å²) in [5.74, 6) is 1.19. The van der Waals surface area contributed by atoms with Gasteiger partial charge in [-0.3, -0.25) is 14.2 Å². The Morgan fingerprint density at radius 1 is 1.24 bits per heavy atom. The van der Waals surface area contributed by atoms with Crippen LogP contribution < -0.4 is 14.8 Å². The van der Waals surface area contributed by atoms with Gasteiger partial charge in [0.2, 0.25) is 0 Å². The zero-order chi connectivity index (χ0) is 17.8. The van der Waals surface area contributed by atoms with Crippen molar-refractivity contribution in [2.24, 2.45) is 7.05 Å². The lowest BCUT2D eigenvalue weighted by molar-refractivity contribution is -0.123. The van der Waals surface area contributed by atoms with E-state index in [0.717, 1.165) is 22.5 Å². The number of aryl methyl sites for hydroxylation is 2. The van der Waals surface area contributed by atoms with Gasteiger partial charge in [-0.15, -0.1) is 0 Å². The quantitative estimate of drug-likeness (QED) is 0.699. The number of benzene rings is 1. The van der Waals surface area contributed by atoms with Gasteiger partial charge in [0.1, 0.15) is 22.5 Å². The molecule has 0 saturated carbocycles. The molecule has 1 N–H and O–H groups in total. The molecule has 2 heterocycles. The molecule has 0 fully saturated rings. The summed E-state index contributed by atoms with van der Waals surface area (Å²) in [7, 11) is 3.49. The maximum Gasteiger partial charge on any atom is 0.258 e. The van der Waals surface area contributed by atoms with Crippen molar-refractivity contribution in [2.75, 3.05) is 20.3 Å². The minimum Gasteiger partial charge on any atom is -0.497 e. The summed E-state index contributed by atoms with van der Waals surface area (Å²) in [6, 6.07) is 7.09. The molecular formula is C17H21N5O3. The van der Waals surface area contributed by atoms with E-state index in [4.69, 9.17) is 9.47 Å². The largest absolute Gasteiger partial charge is 0.497 e. The number of carbonyl (C=O) groups is 1. The van der Waals surface area contributed by atoms with E-state index in [2.05, 4.69) is 15.5 Å². The van der Waals surface area contributed by atoms with E-state index >= 15 is 0 Å². The van der Waals surface area contributed by atoms with Crippen molar-refractivity contribution < 1.29 is 14.3 Å².